The molecule has 2 bridgehead atoms. The Morgan fingerprint density at radius 2 is 2.00 bits per heavy atom. The molecule has 2 nitrogen and oxygen atoms in total. The van der Waals surface area contributed by atoms with E-state index >= 15 is 0 Å². The highest BCUT2D eigenvalue weighted by Crippen LogP contribution is 2.44. The lowest BCUT2D eigenvalue weighted by Gasteiger charge is -2.24. The van der Waals surface area contributed by atoms with Gasteiger partial charge in [-0.25, -0.2) is 8.78 Å². The van der Waals surface area contributed by atoms with Crippen molar-refractivity contribution in [1.29, 1.82) is 0 Å². The molecule has 3 atom stereocenters. The van der Waals surface area contributed by atoms with Crippen LogP contribution in [0.5, 0.6) is 0 Å². The Morgan fingerprint density at radius 1 is 1.16 bits per heavy atom. The molecule has 0 aliphatic heterocycles. The number of rotatable bonds is 2. The molecule has 19 heavy (non-hydrogen) atoms. The van der Waals surface area contributed by atoms with Gasteiger partial charge in [0.25, 0.3) is 0 Å². The van der Waals surface area contributed by atoms with Crippen LogP contribution >= 0.6 is 12.2 Å². The highest BCUT2D eigenvalue weighted by Gasteiger charge is 2.39. The number of nitrogens with one attached hydrogen (secondary N) is 2. The highest BCUT2D eigenvalue weighted by molar-refractivity contribution is 7.80. The van der Waals surface area contributed by atoms with Crippen LogP contribution in [0.25, 0.3) is 0 Å². The van der Waals surface area contributed by atoms with Gasteiger partial charge >= 0.3 is 0 Å². The third-order valence-electron chi connectivity index (χ3n) is 4.23. The Bertz CT molecular complexity index is 506. The molecule has 0 radical (unpaired) electrons. The molecule has 2 N–H and O–H groups in total. The van der Waals surface area contributed by atoms with E-state index in [-0.39, 0.29) is 0 Å². The topological polar surface area (TPSA) is 24.1 Å². The van der Waals surface area contributed by atoms with E-state index in [1.54, 1.807) is 0 Å². The second-order valence-corrected chi connectivity index (χ2v) is 5.92. The summed E-state index contributed by atoms with van der Waals surface area (Å²) in [6.07, 6.45) is 5.08. The maximum absolute atomic E-state index is 13.1. The van der Waals surface area contributed by atoms with E-state index in [1.807, 2.05) is 0 Å². The maximum atomic E-state index is 13.1. The van der Waals surface area contributed by atoms with E-state index in [1.165, 1.54) is 31.7 Å². The van der Waals surface area contributed by atoms with Crippen LogP contribution in [0, 0.1) is 23.5 Å². The fourth-order valence-corrected chi connectivity index (χ4v) is 3.60. The van der Waals surface area contributed by atoms with Gasteiger partial charge in [-0.05, 0) is 55.4 Å². The molecule has 1 aromatic carbocycles. The lowest BCUT2D eigenvalue weighted by atomic mass is 9.96. The van der Waals surface area contributed by atoms with Crippen LogP contribution in [0.2, 0.25) is 0 Å². The Kier molecular flexibility index (Phi) is 3.39. The first-order valence-corrected chi connectivity index (χ1v) is 7.05. The van der Waals surface area contributed by atoms with Gasteiger partial charge in [-0.15, -0.1) is 0 Å². The lowest BCUT2D eigenvalue weighted by molar-refractivity contribution is 0.392. The molecule has 5 heteroatoms. The molecule has 1 aromatic rings. The number of anilines is 1. The zero-order valence-electron chi connectivity index (χ0n) is 10.5. The van der Waals surface area contributed by atoms with Crippen molar-refractivity contribution in [3.8, 4) is 0 Å². The lowest BCUT2D eigenvalue weighted by Crippen LogP contribution is -2.40. The van der Waals surface area contributed by atoms with E-state index < -0.39 is 11.6 Å². The summed E-state index contributed by atoms with van der Waals surface area (Å²) < 4.78 is 25.9. The van der Waals surface area contributed by atoms with Crippen molar-refractivity contribution in [3.05, 3.63) is 29.8 Å². The third-order valence-corrected chi connectivity index (χ3v) is 4.45. The van der Waals surface area contributed by atoms with Crippen LogP contribution in [-0.2, 0) is 0 Å². The van der Waals surface area contributed by atoms with Crippen LogP contribution in [-0.4, -0.2) is 11.2 Å². The van der Waals surface area contributed by atoms with Crippen LogP contribution in [0.3, 0.4) is 0 Å². The van der Waals surface area contributed by atoms with Crippen LogP contribution in [0.4, 0.5) is 14.5 Å². The van der Waals surface area contributed by atoms with Gasteiger partial charge in [-0.1, -0.05) is 6.42 Å². The molecular formula is C14H16F2N2S. The van der Waals surface area contributed by atoms with Gasteiger partial charge in [0.1, 0.15) is 0 Å². The molecule has 0 heterocycles. The van der Waals surface area contributed by atoms with Gasteiger partial charge in [0.05, 0.1) is 0 Å². The molecule has 2 saturated carbocycles. The summed E-state index contributed by atoms with van der Waals surface area (Å²) >= 11 is 5.23. The van der Waals surface area contributed by atoms with Gasteiger partial charge < -0.3 is 10.6 Å². The van der Waals surface area contributed by atoms with Crippen molar-refractivity contribution in [1.82, 2.24) is 5.32 Å². The van der Waals surface area contributed by atoms with Crippen LogP contribution in [0.1, 0.15) is 25.7 Å². The highest BCUT2D eigenvalue weighted by atomic mass is 32.1. The fraction of sp³-hybridized carbons (Fsp3) is 0.500. The Hall–Kier alpha value is -1.23. The van der Waals surface area contributed by atoms with Gasteiger partial charge in [0.15, 0.2) is 16.7 Å². The predicted octanol–water partition coefficient (Wildman–Crippen LogP) is 3.44. The number of benzene rings is 1. The molecule has 0 unspecified atom stereocenters. The SMILES string of the molecule is Fc1ccc(NC(=S)N[C@@H]2C[C@H]3CC[C@H]2C3)cc1F. The number of hydrogen-bond acceptors (Lipinski definition) is 1. The minimum absolute atomic E-state index is 0.434. The molecule has 2 aliphatic carbocycles. The molecule has 0 amide bonds. The van der Waals surface area contributed by atoms with Crippen molar-refractivity contribution >= 4 is 23.0 Å². The van der Waals surface area contributed by atoms with Crippen molar-refractivity contribution in [2.45, 2.75) is 31.7 Å². The second-order valence-electron chi connectivity index (χ2n) is 5.51. The van der Waals surface area contributed by atoms with E-state index in [0.717, 1.165) is 24.0 Å². The summed E-state index contributed by atoms with van der Waals surface area (Å²) in [4.78, 5) is 0. The van der Waals surface area contributed by atoms with Gasteiger partial charge in [0.2, 0.25) is 0 Å². The maximum Gasteiger partial charge on any atom is 0.171 e. The number of fused-ring (bicyclic) bond motifs is 2. The fourth-order valence-electron chi connectivity index (χ4n) is 3.33. The summed E-state index contributed by atoms with van der Waals surface area (Å²) in [5.74, 6) is -0.159. The smallest absolute Gasteiger partial charge is 0.171 e. The Balaban J connectivity index is 1.57. The van der Waals surface area contributed by atoms with E-state index in [0.29, 0.717) is 16.8 Å². The molecule has 0 saturated heterocycles. The van der Waals surface area contributed by atoms with Crippen molar-refractivity contribution in [2.75, 3.05) is 5.32 Å². The minimum Gasteiger partial charge on any atom is -0.359 e. The van der Waals surface area contributed by atoms with Crippen LogP contribution < -0.4 is 10.6 Å². The number of hydrogen-bond donors (Lipinski definition) is 2. The van der Waals surface area contributed by atoms with Gasteiger partial charge in [-0.3, -0.25) is 0 Å². The molecule has 102 valence electrons. The van der Waals surface area contributed by atoms with Gasteiger partial charge in [-0.2, -0.15) is 0 Å². The number of thiocarbonyl (C=S) groups is 1. The molecule has 2 aliphatic rings. The molecule has 0 aromatic heterocycles. The summed E-state index contributed by atoms with van der Waals surface area (Å²) in [7, 11) is 0. The number of halogens is 2. The third kappa shape index (κ3) is 2.71. The molecule has 2 fully saturated rings. The average Bonchev–Trinajstić information content (AvgIpc) is 2.96. The summed E-state index contributed by atoms with van der Waals surface area (Å²) in [5.41, 5.74) is 0.472. The van der Waals surface area contributed by atoms with Crippen molar-refractivity contribution < 1.29 is 8.78 Å². The first kappa shape index (κ1) is 12.8. The summed E-state index contributed by atoms with van der Waals surface area (Å²) in [6, 6.07) is 4.12. The zero-order valence-corrected chi connectivity index (χ0v) is 11.3. The van der Waals surface area contributed by atoms with Crippen molar-refractivity contribution in [3.63, 3.8) is 0 Å². The zero-order chi connectivity index (χ0) is 13.4. The average molecular weight is 282 g/mol. The molecule has 0 spiro atoms. The predicted molar refractivity (Wildman–Crippen MR) is 75.0 cm³/mol. The largest absolute Gasteiger partial charge is 0.359 e. The van der Waals surface area contributed by atoms with Crippen molar-refractivity contribution in [2.24, 2.45) is 11.8 Å². The van der Waals surface area contributed by atoms with Gasteiger partial charge in [0, 0.05) is 17.8 Å². The summed E-state index contributed by atoms with van der Waals surface area (Å²) in [6.45, 7) is 0. The molecule has 3 rings (SSSR count). The first-order chi connectivity index (χ1) is 9.11. The Labute approximate surface area is 116 Å². The van der Waals surface area contributed by atoms with E-state index in [9.17, 15) is 8.78 Å². The van der Waals surface area contributed by atoms with E-state index in [2.05, 4.69) is 10.6 Å². The molecular weight excluding hydrogens is 266 g/mol. The minimum atomic E-state index is -0.868. The monoisotopic (exact) mass is 282 g/mol. The normalized spacial score (nSPS) is 28.4. The standard InChI is InChI=1S/C14H16F2N2S/c15-11-4-3-10(7-12(11)16)17-14(19)18-13-6-8-1-2-9(13)5-8/h3-4,7-9,13H,1-2,5-6H2,(H2,17,18,19)/t8-,9-,13+/m0/s1. The van der Waals surface area contributed by atoms with Crippen LogP contribution in [0.15, 0.2) is 18.2 Å². The van der Waals surface area contributed by atoms with E-state index in [4.69, 9.17) is 12.2 Å². The quantitative estimate of drug-likeness (QED) is 0.813. The second kappa shape index (κ2) is 5.04. The summed E-state index contributed by atoms with van der Waals surface area (Å²) in [5, 5.41) is 6.70. The Morgan fingerprint density at radius 3 is 2.63 bits per heavy atom. The first-order valence-electron chi connectivity index (χ1n) is 6.64.